The number of carbonyl (C=O) groups is 2. The summed E-state index contributed by atoms with van der Waals surface area (Å²) in [7, 11) is 6.29. The molecule has 2 atom stereocenters. The van der Waals surface area contributed by atoms with Crippen molar-refractivity contribution in [2.45, 2.75) is 38.3 Å². The van der Waals surface area contributed by atoms with Gasteiger partial charge >= 0.3 is 5.97 Å². The van der Waals surface area contributed by atoms with E-state index in [0.717, 1.165) is 23.9 Å². The van der Waals surface area contributed by atoms with Gasteiger partial charge < -0.3 is 20.6 Å². The molecule has 0 aromatic carbocycles. The number of hydrogen-bond donors (Lipinski definition) is 3. The molecule has 0 saturated heterocycles. The van der Waals surface area contributed by atoms with Crippen LogP contribution >= 0.6 is 0 Å². The summed E-state index contributed by atoms with van der Waals surface area (Å²) in [6, 6.07) is -1.23. The summed E-state index contributed by atoms with van der Waals surface area (Å²) in [6.45, 7) is 2.64. The van der Waals surface area contributed by atoms with Crippen LogP contribution in [0.25, 0.3) is 0 Å². The summed E-state index contributed by atoms with van der Waals surface area (Å²) in [5.41, 5.74) is 3.57. The molecule has 0 aromatic heterocycles. The van der Waals surface area contributed by atoms with E-state index >= 15 is 0 Å². The molecule has 5 N–H and O–H groups in total. The maximum Gasteiger partial charge on any atom is 0.326 e. The first kappa shape index (κ1) is 16.9. The van der Waals surface area contributed by atoms with Gasteiger partial charge in [-0.2, -0.15) is 0 Å². The summed E-state index contributed by atoms with van der Waals surface area (Å²) in [5, 5.41) is 11.5. The number of carboxylic acids is 1. The Kier molecular flexibility index (Phi) is 6.86. The standard InChI is InChI=1S/C12H25N3O3/c1-9(13)11(16)14-10(12(17)18)7-5-6-8-15(2,3)4/h9-10H,5-8,13H2,1-4H3,(H-,14,16,17,18)/p+2. The Morgan fingerprint density at radius 2 is 1.83 bits per heavy atom. The molecular formula is C12H27N3O3+2. The van der Waals surface area contributed by atoms with E-state index < -0.39 is 18.1 Å². The molecule has 2 unspecified atom stereocenters. The molecule has 1 amide bonds. The summed E-state index contributed by atoms with van der Waals surface area (Å²) in [5.74, 6) is -1.29. The number of amides is 1. The Bertz CT molecular complexity index is 285. The average Bonchev–Trinajstić information content (AvgIpc) is 2.20. The first-order valence-electron chi connectivity index (χ1n) is 6.30. The van der Waals surface area contributed by atoms with Crippen LogP contribution in [-0.4, -0.2) is 61.2 Å². The molecule has 0 radical (unpaired) electrons. The van der Waals surface area contributed by atoms with Crippen LogP contribution in [0, 0.1) is 0 Å². The molecule has 0 saturated carbocycles. The summed E-state index contributed by atoms with van der Waals surface area (Å²) >= 11 is 0. The first-order valence-corrected chi connectivity index (χ1v) is 6.30. The lowest BCUT2D eigenvalue weighted by atomic mass is 10.1. The zero-order valence-electron chi connectivity index (χ0n) is 11.9. The van der Waals surface area contributed by atoms with Crippen LogP contribution in [0.3, 0.4) is 0 Å². The molecule has 0 aliphatic heterocycles. The van der Waals surface area contributed by atoms with E-state index in [0.29, 0.717) is 6.42 Å². The van der Waals surface area contributed by atoms with Crippen molar-refractivity contribution in [2.24, 2.45) is 0 Å². The van der Waals surface area contributed by atoms with E-state index in [1.165, 1.54) is 0 Å². The second-order valence-corrected chi connectivity index (χ2v) is 5.81. The summed E-state index contributed by atoms with van der Waals surface area (Å²) in [6.07, 6.45) is 2.20. The number of carbonyl (C=O) groups excluding carboxylic acids is 1. The predicted octanol–water partition coefficient (Wildman–Crippen LogP) is -0.937. The van der Waals surface area contributed by atoms with Gasteiger partial charge in [-0.05, 0) is 26.2 Å². The third-order valence-corrected chi connectivity index (χ3v) is 2.63. The van der Waals surface area contributed by atoms with Crippen molar-refractivity contribution in [1.29, 1.82) is 0 Å². The molecule has 0 aromatic rings. The number of nitrogens with one attached hydrogen (secondary N) is 1. The van der Waals surface area contributed by atoms with Gasteiger partial charge in [-0.3, -0.25) is 4.79 Å². The predicted molar refractivity (Wildman–Crippen MR) is 68.7 cm³/mol. The first-order chi connectivity index (χ1) is 8.13. The molecule has 0 spiro atoms. The quantitative estimate of drug-likeness (QED) is 0.389. The zero-order valence-corrected chi connectivity index (χ0v) is 11.9. The normalized spacial score (nSPS) is 14.9. The van der Waals surface area contributed by atoms with Gasteiger partial charge in [-0.15, -0.1) is 0 Å². The molecular weight excluding hydrogens is 234 g/mol. The number of aliphatic carboxylic acids is 1. The minimum atomic E-state index is -0.978. The fourth-order valence-electron chi connectivity index (χ4n) is 1.51. The van der Waals surface area contributed by atoms with Gasteiger partial charge in [0.2, 0.25) is 0 Å². The van der Waals surface area contributed by atoms with Crippen molar-refractivity contribution < 1.29 is 24.9 Å². The van der Waals surface area contributed by atoms with Gasteiger partial charge in [0, 0.05) is 0 Å². The monoisotopic (exact) mass is 261 g/mol. The number of carboxylic acid groups (broad SMARTS) is 1. The van der Waals surface area contributed by atoms with Gasteiger partial charge in [-0.25, -0.2) is 4.79 Å². The lowest BCUT2D eigenvalue weighted by Crippen LogP contribution is -2.67. The van der Waals surface area contributed by atoms with Crippen molar-refractivity contribution in [2.75, 3.05) is 27.7 Å². The van der Waals surface area contributed by atoms with Gasteiger partial charge in [0.05, 0.1) is 27.7 Å². The van der Waals surface area contributed by atoms with Gasteiger partial charge in [0.1, 0.15) is 6.04 Å². The topological polar surface area (TPSA) is 94.0 Å². The van der Waals surface area contributed by atoms with Gasteiger partial charge in [0.25, 0.3) is 5.91 Å². The number of rotatable bonds is 8. The van der Waals surface area contributed by atoms with Crippen LogP contribution < -0.4 is 11.1 Å². The van der Waals surface area contributed by atoms with E-state index in [9.17, 15) is 9.59 Å². The maximum absolute atomic E-state index is 11.4. The van der Waals surface area contributed by atoms with Crippen molar-refractivity contribution in [3.63, 3.8) is 0 Å². The minimum Gasteiger partial charge on any atom is -0.480 e. The van der Waals surface area contributed by atoms with Crippen LogP contribution in [0.2, 0.25) is 0 Å². The van der Waals surface area contributed by atoms with Crippen molar-refractivity contribution >= 4 is 11.9 Å². The fraction of sp³-hybridized carbons (Fsp3) is 0.833. The van der Waals surface area contributed by atoms with Crippen LogP contribution in [0.15, 0.2) is 0 Å². The fourth-order valence-corrected chi connectivity index (χ4v) is 1.51. The Morgan fingerprint density at radius 1 is 1.28 bits per heavy atom. The summed E-state index contributed by atoms with van der Waals surface area (Å²) < 4.78 is 0.861. The minimum absolute atomic E-state index is 0.311. The van der Waals surface area contributed by atoms with E-state index in [1.807, 2.05) is 0 Å². The van der Waals surface area contributed by atoms with Crippen molar-refractivity contribution in [3.05, 3.63) is 0 Å². The van der Waals surface area contributed by atoms with Crippen LogP contribution in [0.4, 0.5) is 0 Å². The van der Waals surface area contributed by atoms with E-state index in [2.05, 4.69) is 32.2 Å². The van der Waals surface area contributed by atoms with Gasteiger partial charge in [-0.1, -0.05) is 0 Å². The van der Waals surface area contributed by atoms with Crippen LogP contribution in [0.5, 0.6) is 0 Å². The molecule has 0 heterocycles. The zero-order chi connectivity index (χ0) is 14.3. The smallest absolute Gasteiger partial charge is 0.326 e. The average molecular weight is 261 g/mol. The Hall–Kier alpha value is -1.14. The number of unbranched alkanes of at least 4 members (excludes halogenated alkanes) is 1. The number of nitrogens with zero attached hydrogens (tertiary/aromatic N) is 1. The molecule has 6 nitrogen and oxygen atoms in total. The second-order valence-electron chi connectivity index (χ2n) is 5.81. The Labute approximate surface area is 109 Å². The molecule has 0 fully saturated rings. The highest BCUT2D eigenvalue weighted by molar-refractivity contribution is 5.85. The molecule has 18 heavy (non-hydrogen) atoms. The molecule has 0 aliphatic carbocycles. The molecule has 106 valence electrons. The number of hydrogen-bond acceptors (Lipinski definition) is 2. The molecule has 0 aliphatic rings. The Balaban J connectivity index is 4.07. The Morgan fingerprint density at radius 3 is 2.22 bits per heavy atom. The van der Waals surface area contributed by atoms with E-state index in [-0.39, 0.29) is 5.91 Å². The van der Waals surface area contributed by atoms with Crippen molar-refractivity contribution in [1.82, 2.24) is 5.32 Å². The maximum atomic E-state index is 11.4. The van der Waals surface area contributed by atoms with Crippen LogP contribution in [-0.2, 0) is 9.59 Å². The van der Waals surface area contributed by atoms with E-state index in [1.54, 1.807) is 6.92 Å². The van der Waals surface area contributed by atoms with Crippen molar-refractivity contribution in [3.8, 4) is 0 Å². The third kappa shape index (κ3) is 8.03. The highest BCUT2D eigenvalue weighted by atomic mass is 16.4. The van der Waals surface area contributed by atoms with E-state index in [4.69, 9.17) is 5.11 Å². The SMILES string of the molecule is CC([NH3+])C(=O)NC(CCCC[N+](C)(C)C)C(=O)O. The molecule has 0 rings (SSSR count). The van der Waals surface area contributed by atoms with Crippen LogP contribution in [0.1, 0.15) is 26.2 Å². The summed E-state index contributed by atoms with van der Waals surface area (Å²) in [4.78, 5) is 22.4. The highest BCUT2D eigenvalue weighted by Crippen LogP contribution is 2.04. The molecule has 0 bridgehead atoms. The number of quaternary nitrogens is 2. The third-order valence-electron chi connectivity index (χ3n) is 2.63. The van der Waals surface area contributed by atoms with Gasteiger partial charge in [0.15, 0.2) is 6.04 Å². The highest BCUT2D eigenvalue weighted by Gasteiger charge is 2.22. The lowest BCUT2D eigenvalue weighted by molar-refractivity contribution is -0.870. The molecule has 6 heteroatoms. The second kappa shape index (κ2) is 7.33. The lowest BCUT2D eigenvalue weighted by Gasteiger charge is -2.24. The largest absolute Gasteiger partial charge is 0.480 e.